The van der Waals surface area contributed by atoms with Crippen molar-refractivity contribution in [3.8, 4) is 11.9 Å². The molecule has 0 atom stereocenters. The van der Waals surface area contributed by atoms with Crippen molar-refractivity contribution in [2.45, 2.75) is 27.7 Å². The third-order valence-corrected chi connectivity index (χ3v) is 3.50. The van der Waals surface area contributed by atoms with Crippen molar-refractivity contribution >= 4 is 11.6 Å². The lowest BCUT2D eigenvalue weighted by molar-refractivity contribution is 0.768. The van der Waals surface area contributed by atoms with Crippen LogP contribution >= 0.6 is 11.6 Å². The number of hydrogen-bond donors (Lipinski definition) is 0. The third-order valence-electron chi connectivity index (χ3n) is 2.95. The van der Waals surface area contributed by atoms with E-state index < -0.39 is 0 Å². The monoisotopic (exact) mass is 261 g/mol. The highest BCUT2D eigenvalue weighted by atomic mass is 35.5. The van der Waals surface area contributed by atoms with Crippen molar-refractivity contribution in [2.24, 2.45) is 0 Å². The predicted octanol–water partition coefficient (Wildman–Crippen LogP) is 2.42. The second-order valence-electron chi connectivity index (χ2n) is 4.12. The summed E-state index contributed by atoms with van der Waals surface area (Å²) in [6.07, 6.45) is 0. The van der Waals surface area contributed by atoms with E-state index in [1.165, 1.54) is 0 Å². The van der Waals surface area contributed by atoms with Crippen molar-refractivity contribution in [3.05, 3.63) is 33.2 Å². The minimum absolute atomic E-state index is 0.424. The molecule has 2 aromatic heterocycles. The zero-order valence-electron chi connectivity index (χ0n) is 10.6. The van der Waals surface area contributed by atoms with Gasteiger partial charge in [-0.3, -0.25) is 0 Å². The Kier molecular flexibility index (Phi) is 3.05. The van der Waals surface area contributed by atoms with E-state index in [0.717, 1.165) is 17.0 Å². The summed E-state index contributed by atoms with van der Waals surface area (Å²) in [5.41, 5.74) is 3.49. The number of rotatable bonds is 1. The first-order chi connectivity index (χ1) is 8.47. The van der Waals surface area contributed by atoms with Gasteiger partial charge < -0.3 is 0 Å². The number of hydrogen-bond acceptors (Lipinski definition) is 4. The quantitative estimate of drug-likeness (QED) is 0.791. The molecular weight excluding hydrogens is 250 g/mol. The van der Waals surface area contributed by atoms with Crippen LogP contribution < -0.4 is 0 Å². The van der Waals surface area contributed by atoms with Gasteiger partial charge in [0.1, 0.15) is 11.6 Å². The van der Waals surface area contributed by atoms with Crippen molar-refractivity contribution in [1.29, 1.82) is 5.26 Å². The molecule has 0 radical (unpaired) electrons. The molecule has 0 bridgehead atoms. The van der Waals surface area contributed by atoms with E-state index in [1.807, 2.05) is 27.7 Å². The van der Waals surface area contributed by atoms with Gasteiger partial charge in [-0.05, 0) is 33.3 Å². The van der Waals surface area contributed by atoms with E-state index in [4.69, 9.17) is 11.6 Å². The topological polar surface area (TPSA) is 67.4 Å². The average Bonchev–Trinajstić information content (AvgIpc) is 2.60. The van der Waals surface area contributed by atoms with Gasteiger partial charge in [0.05, 0.1) is 22.1 Å². The Bertz CT molecular complexity index is 666. The molecule has 6 heteroatoms. The fraction of sp³-hybridized carbons (Fsp3) is 0.333. The maximum absolute atomic E-state index is 9.26. The number of nitrogens with zero attached hydrogens (tertiary/aromatic N) is 5. The van der Waals surface area contributed by atoms with Crippen LogP contribution in [0.5, 0.6) is 0 Å². The number of nitriles is 1. The molecule has 0 aliphatic rings. The number of aromatic nitrogens is 4. The minimum atomic E-state index is 0.424. The van der Waals surface area contributed by atoms with Gasteiger partial charge in [-0.2, -0.15) is 15.5 Å². The Morgan fingerprint density at radius 2 is 1.78 bits per heavy atom. The van der Waals surface area contributed by atoms with E-state index in [0.29, 0.717) is 22.1 Å². The smallest absolute Gasteiger partial charge is 0.194 e. The van der Waals surface area contributed by atoms with E-state index in [1.54, 1.807) is 4.68 Å². The highest BCUT2D eigenvalue weighted by molar-refractivity contribution is 6.31. The molecule has 0 aliphatic carbocycles. The first-order valence-corrected chi connectivity index (χ1v) is 5.81. The molecule has 0 saturated heterocycles. The van der Waals surface area contributed by atoms with Crippen LogP contribution in [0.3, 0.4) is 0 Å². The lowest BCUT2D eigenvalue weighted by Crippen LogP contribution is -2.09. The second-order valence-corrected chi connectivity index (χ2v) is 4.50. The summed E-state index contributed by atoms with van der Waals surface area (Å²) in [4.78, 5) is 0. The Hall–Kier alpha value is -1.93. The van der Waals surface area contributed by atoms with E-state index in [2.05, 4.69) is 21.4 Å². The molecule has 0 spiro atoms. The van der Waals surface area contributed by atoms with Crippen molar-refractivity contribution in [1.82, 2.24) is 20.0 Å². The summed E-state index contributed by atoms with van der Waals surface area (Å²) in [6, 6.07) is 2.15. The van der Waals surface area contributed by atoms with Crippen LogP contribution in [0.2, 0.25) is 5.02 Å². The van der Waals surface area contributed by atoms with Gasteiger partial charge in [0.2, 0.25) is 0 Å². The molecule has 0 fully saturated rings. The van der Waals surface area contributed by atoms with Crippen LogP contribution in [-0.4, -0.2) is 20.0 Å². The normalized spacial score (nSPS) is 10.4. The van der Waals surface area contributed by atoms with Gasteiger partial charge in [0.15, 0.2) is 5.82 Å². The largest absolute Gasteiger partial charge is 0.215 e. The third kappa shape index (κ3) is 1.75. The summed E-state index contributed by atoms with van der Waals surface area (Å²) in [6.45, 7) is 7.31. The van der Waals surface area contributed by atoms with E-state index in [-0.39, 0.29) is 0 Å². The standard InChI is InChI=1S/C12H12ClN5/c1-6-7(2)15-16-12(10(6)5-14)18-9(4)11(13)8(3)17-18/h1-4H3. The summed E-state index contributed by atoms with van der Waals surface area (Å²) >= 11 is 6.10. The Morgan fingerprint density at radius 3 is 2.28 bits per heavy atom. The van der Waals surface area contributed by atoms with Crippen LogP contribution in [0, 0.1) is 39.0 Å². The zero-order valence-corrected chi connectivity index (χ0v) is 11.4. The summed E-state index contributed by atoms with van der Waals surface area (Å²) in [7, 11) is 0. The Labute approximate surface area is 110 Å². The van der Waals surface area contributed by atoms with Gasteiger partial charge in [0, 0.05) is 0 Å². The van der Waals surface area contributed by atoms with Crippen LogP contribution in [-0.2, 0) is 0 Å². The van der Waals surface area contributed by atoms with Gasteiger partial charge in [-0.25, -0.2) is 4.68 Å². The zero-order chi connectivity index (χ0) is 13.4. The van der Waals surface area contributed by atoms with Gasteiger partial charge in [-0.1, -0.05) is 11.6 Å². The highest BCUT2D eigenvalue weighted by Crippen LogP contribution is 2.24. The van der Waals surface area contributed by atoms with Crippen LogP contribution in [0.15, 0.2) is 0 Å². The molecule has 2 aromatic rings. The Morgan fingerprint density at radius 1 is 1.11 bits per heavy atom. The van der Waals surface area contributed by atoms with Crippen molar-refractivity contribution < 1.29 is 0 Å². The molecule has 2 heterocycles. The van der Waals surface area contributed by atoms with Gasteiger partial charge in [-0.15, -0.1) is 5.10 Å². The number of halogens is 1. The van der Waals surface area contributed by atoms with Gasteiger partial charge in [0.25, 0.3) is 0 Å². The molecule has 0 amide bonds. The minimum Gasteiger partial charge on any atom is -0.215 e. The molecular formula is C12H12ClN5. The SMILES string of the molecule is Cc1nnc(-n2nc(C)c(Cl)c2C)c(C#N)c1C. The fourth-order valence-corrected chi connectivity index (χ4v) is 1.83. The van der Waals surface area contributed by atoms with Gasteiger partial charge >= 0.3 is 0 Å². The van der Waals surface area contributed by atoms with Crippen LogP contribution in [0.1, 0.15) is 28.2 Å². The molecule has 0 unspecified atom stereocenters. The lowest BCUT2D eigenvalue weighted by atomic mass is 10.1. The van der Waals surface area contributed by atoms with Crippen LogP contribution in [0.4, 0.5) is 0 Å². The molecule has 0 aromatic carbocycles. The van der Waals surface area contributed by atoms with E-state index >= 15 is 0 Å². The second kappa shape index (κ2) is 4.39. The first kappa shape index (κ1) is 12.5. The molecule has 92 valence electrons. The van der Waals surface area contributed by atoms with Crippen LogP contribution in [0.25, 0.3) is 5.82 Å². The molecule has 2 rings (SSSR count). The number of aryl methyl sites for hydroxylation is 2. The van der Waals surface area contributed by atoms with Crippen molar-refractivity contribution in [2.75, 3.05) is 0 Å². The molecule has 18 heavy (non-hydrogen) atoms. The molecule has 0 saturated carbocycles. The first-order valence-electron chi connectivity index (χ1n) is 5.43. The molecule has 0 aliphatic heterocycles. The fourth-order valence-electron chi connectivity index (χ4n) is 1.71. The molecule has 0 N–H and O–H groups in total. The summed E-state index contributed by atoms with van der Waals surface area (Å²) < 4.78 is 1.57. The maximum atomic E-state index is 9.26. The summed E-state index contributed by atoms with van der Waals surface area (Å²) in [5, 5.41) is 22.2. The maximum Gasteiger partial charge on any atom is 0.194 e. The average molecular weight is 262 g/mol. The molecule has 5 nitrogen and oxygen atoms in total. The van der Waals surface area contributed by atoms with E-state index in [9.17, 15) is 5.26 Å². The summed E-state index contributed by atoms with van der Waals surface area (Å²) in [5.74, 6) is 0.424. The van der Waals surface area contributed by atoms with Crippen molar-refractivity contribution in [3.63, 3.8) is 0 Å². The highest BCUT2D eigenvalue weighted by Gasteiger charge is 2.17. The lowest BCUT2D eigenvalue weighted by Gasteiger charge is -2.08. The Balaban J connectivity index is 2.76. The predicted molar refractivity (Wildman–Crippen MR) is 67.8 cm³/mol.